The van der Waals surface area contributed by atoms with Crippen molar-refractivity contribution in [3.8, 4) is 0 Å². The molecule has 1 atom stereocenters. The van der Waals surface area contributed by atoms with Crippen LogP contribution in [0.2, 0.25) is 0 Å². The first-order chi connectivity index (χ1) is 12.6. The van der Waals surface area contributed by atoms with Gasteiger partial charge in [0.25, 0.3) is 0 Å². The lowest BCUT2D eigenvalue weighted by Gasteiger charge is -2.25. The van der Waals surface area contributed by atoms with E-state index in [9.17, 15) is 9.36 Å². The number of hydrogen-bond donors (Lipinski definition) is 0. The largest absolute Gasteiger partial charge is 0.465 e. The molecule has 0 radical (unpaired) electrons. The van der Waals surface area contributed by atoms with Crippen LogP contribution < -0.4 is 0 Å². The second kappa shape index (κ2) is 16.8. The van der Waals surface area contributed by atoms with Crippen LogP contribution in [0, 0.1) is 0 Å². The number of esters is 1. The van der Waals surface area contributed by atoms with Crippen LogP contribution in [0.5, 0.6) is 0 Å². The first-order valence-electron chi connectivity index (χ1n) is 10.6. The Kier molecular flexibility index (Phi) is 16.5. The molecule has 0 aromatic carbocycles. The standard InChI is InChI=1S/C20H41O5P/c1-5-9-11-12-13-14-15-16-17-19(20(21)23-18-10-6-2)26(22,24-7-3)25-8-4/h19H,5-18H2,1-4H3. The fourth-order valence-corrected chi connectivity index (χ4v) is 4.85. The first-order valence-corrected chi connectivity index (χ1v) is 12.2. The lowest BCUT2D eigenvalue weighted by Crippen LogP contribution is -2.26. The number of hydrogen-bond acceptors (Lipinski definition) is 5. The Morgan fingerprint density at radius 2 is 1.27 bits per heavy atom. The van der Waals surface area contributed by atoms with Crippen LogP contribution in [-0.2, 0) is 23.1 Å². The first kappa shape index (κ1) is 25.6. The highest BCUT2D eigenvalue weighted by Gasteiger charge is 2.41. The fraction of sp³-hybridized carbons (Fsp3) is 0.950. The number of ether oxygens (including phenoxy) is 1. The highest BCUT2D eigenvalue weighted by atomic mass is 31.2. The van der Waals surface area contributed by atoms with Gasteiger partial charge < -0.3 is 13.8 Å². The predicted octanol–water partition coefficient (Wildman–Crippen LogP) is 6.50. The van der Waals surface area contributed by atoms with Crippen LogP contribution in [0.25, 0.3) is 0 Å². The molecule has 0 aromatic rings. The quantitative estimate of drug-likeness (QED) is 0.151. The summed E-state index contributed by atoms with van der Waals surface area (Å²) in [6, 6.07) is 0. The van der Waals surface area contributed by atoms with E-state index in [0.717, 1.165) is 32.1 Å². The van der Waals surface area contributed by atoms with E-state index in [1.807, 2.05) is 6.92 Å². The summed E-state index contributed by atoms with van der Waals surface area (Å²) in [4.78, 5) is 12.5. The lowest BCUT2D eigenvalue weighted by atomic mass is 10.1. The van der Waals surface area contributed by atoms with Crippen molar-refractivity contribution in [3.63, 3.8) is 0 Å². The maximum atomic E-state index is 13.1. The van der Waals surface area contributed by atoms with E-state index < -0.39 is 19.2 Å². The second-order valence-electron chi connectivity index (χ2n) is 6.68. The van der Waals surface area contributed by atoms with Gasteiger partial charge in [-0.15, -0.1) is 0 Å². The lowest BCUT2D eigenvalue weighted by molar-refractivity contribution is -0.143. The van der Waals surface area contributed by atoms with Gasteiger partial charge in [-0.3, -0.25) is 9.36 Å². The minimum atomic E-state index is -3.48. The van der Waals surface area contributed by atoms with Crippen LogP contribution in [0.4, 0.5) is 0 Å². The van der Waals surface area contributed by atoms with E-state index in [0.29, 0.717) is 13.0 Å². The normalized spacial score (nSPS) is 12.9. The molecule has 156 valence electrons. The summed E-state index contributed by atoms with van der Waals surface area (Å²) in [6.45, 7) is 8.66. The Hall–Kier alpha value is -0.380. The molecule has 0 heterocycles. The van der Waals surface area contributed by atoms with E-state index >= 15 is 0 Å². The third-order valence-electron chi connectivity index (χ3n) is 4.35. The molecule has 0 rings (SSSR count). The summed E-state index contributed by atoms with van der Waals surface area (Å²) in [6.07, 6.45) is 11.6. The van der Waals surface area contributed by atoms with Gasteiger partial charge in [0.1, 0.15) is 0 Å². The van der Waals surface area contributed by atoms with E-state index in [4.69, 9.17) is 13.8 Å². The van der Waals surface area contributed by atoms with Gasteiger partial charge in [-0.1, -0.05) is 71.6 Å². The van der Waals surface area contributed by atoms with E-state index in [-0.39, 0.29) is 13.2 Å². The van der Waals surface area contributed by atoms with Gasteiger partial charge in [0.2, 0.25) is 0 Å². The molecular formula is C20H41O5P. The molecule has 0 aliphatic heterocycles. The zero-order chi connectivity index (χ0) is 19.7. The zero-order valence-electron chi connectivity index (χ0n) is 17.5. The molecule has 0 fully saturated rings. The molecule has 0 bridgehead atoms. The summed E-state index contributed by atoms with van der Waals surface area (Å²) in [5.41, 5.74) is -0.806. The second-order valence-corrected chi connectivity index (χ2v) is 8.90. The van der Waals surface area contributed by atoms with Gasteiger partial charge >= 0.3 is 13.6 Å². The Morgan fingerprint density at radius 3 is 1.77 bits per heavy atom. The third kappa shape index (κ3) is 11.4. The van der Waals surface area contributed by atoms with E-state index in [1.165, 1.54) is 32.1 Å². The van der Waals surface area contributed by atoms with Crippen molar-refractivity contribution in [1.82, 2.24) is 0 Å². The zero-order valence-corrected chi connectivity index (χ0v) is 18.4. The summed E-state index contributed by atoms with van der Waals surface area (Å²) in [7, 11) is -3.48. The summed E-state index contributed by atoms with van der Waals surface area (Å²) >= 11 is 0. The minimum Gasteiger partial charge on any atom is -0.465 e. The molecule has 26 heavy (non-hydrogen) atoms. The van der Waals surface area contributed by atoms with Gasteiger partial charge in [0.15, 0.2) is 5.66 Å². The van der Waals surface area contributed by atoms with Crippen molar-refractivity contribution in [2.24, 2.45) is 0 Å². The summed E-state index contributed by atoms with van der Waals surface area (Å²) in [5.74, 6) is -0.438. The van der Waals surface area contributed by atoms with Gasteiger partial charge in [-0.2, -0.15) is 0 Å². The van der Waals surface area contributed by atoms with Crippen molar-refractivity contribution < 1.29 is 23.1 Å². The minimum absolute atomic E-state index is 0.257. The molecule has 0 aliphatic rings. The molecule has 0 N–H and O–H groups in total. The molecular weight excluding hydrogens is 351 g/mol. The maximum Gasteiger partial charge on any atom is 0.344 e. The van der Waals surface area contributed by atoms with Gasteiger partial charge in [-0.05, 0) is 26.7 Å². The molecule has 0 saturated heterocycles. The molecule has 5 nitrogen and oxygen atoms in total. The Morgan fingerprint density at radius 1 is 0.769 bits per heavy atom. The molecule has 6 heteroatoms. The number of rotatable bonds is 18. The van der Waals surface area contributed by atoms with Crippen molar-refractivity contribution >= 4 is 13.6 Å². The third-order valence-corrected chi connectivity index (χ3v) is 6.81. The molecule has 0 saturated carbocycles. The van der Waals surface area contributed by atoms with Crippen LogP contribution in [0.3, 0.4) is 0 Å². The number of unbranched alkanes of at least 4 members (excludes halogenated alkanes) is 8. The maximum absolute atomic E-state index is 13.1. The highest BCUT2D eigenvalue weighted by Crippen LogP contribution is 2.55. The number of carbonyl (C=O) groups is 1. The van der Waals surface area contributed by atoms with Crippen LogP contribution in [0.15, 0.2) is 0 Å². The smallest absolute Gasteiger partial charge is 0.344 e. The molecule has 0 aromatic heterocycles. The van der Waals surface area contributed by atoms with Crippen LogP contribution in [0.1, 0.15) is 98.3 Å². The Bertz CT molecular complexity index is 376. The highest BCUT2D eigenvalue weighted by molar-refractivity contribution is 7.55. The number of carbonyl (C=O) groups excluding carboxylic acids is 1. The monoisotopic (exact) mass is 392 g/mol. The summed E-state index contributed by atoms with van der Waals surface area (Å²) < 4.78 is 29.2. The van der Waals surface area contributed by atoms with Crippen molar-refractivity contribution in [2.45, 2.75) is 104 Å². The topological polar surface area (TPSA) is 61.8 Å². The van der Waals surface area contributed by atoms with Crippen molar-refractivity contribution in [1.29, 1.82) is 0 Å². The van der Waals surface area contributed by atoms with Crippen LogP contribution in [-0.4, -0.2) is 31.4 Å². The van der Waals surface area contributed by atoms with Crippen LogP contribution >= 0.6 is 7.60 Å². The van der Waals surface area contributed by atoms with Gasteiger partial charge in [-0.25, -0.2) is 0 Å². The molecule has 0 aliphatic carbocycles. The summed E-state index contributed by atoms with van der Waals surface area (Å²) in [5, 5.41) is 0. The average Bonchev–Trinajstić information content (AvgIpc) is 2.60. The van der Waals surface area contributed by atoms with E-state index in [2.05, 4.69) is 6.92 Å². The van der Waals surface area contributed by atoms with Crippen molar-refractivity contribution in [2.75, 3.05) is 19.8 Å². The SMILES string of the molecule is CCCCCCCCCCC(C(=O)OCCCC)P(=O)(OCC)OCC. The van der Waals surface area contributed by atoms with Crippen molar-refractivity contribution in [3.05, 3.63) is 0 Å². The fourth-order valence-electron chi connectivity index (χ4n) is 2.87. The Balaban J connectivity index is 4.57. The molecule has 0 amide bonds. The Labute approximate surface area is 161 Å². The molecule has 1 unspecified atom stereocenters. The van der Waals surface area contributed by atoms with E-state index in [1.54, 1.807) is 13.8 Å². The van der Waals surface area contributed by atoms with Gasteiger partial charge in [0, 0.05) is 0 Å². The predicted molar refractivity (Wildman–Crippen MR) is 108 cm³/mol. The average molecular weight is 393 g/mol. The molecule has 0 spiro atoms. The van der Waals surface area contributed by atoms with Gasteiger partial charge in [0.05, 0.1) is 19.8 Å².